The van der Waals surface area contributed by atoms with Gasteiger partial charge in [-0.1, -0.05) is 6.07 Å². The monoisotopic (exact) mass is 314 g/mol. The Morgan fingerprint density at radius 1 is 1.30 bits per heavy atom. The van der Waals surface area contributed by atoms with Crippen LogP contribution in [0.15, 0.2) is 30.6 Å². The minimum Gasteiger partial charge on any atom is -0.497 e. The summed E-state index contributed by atoms with van der Waals surface area (Å²) in [5, 5.41) is 15.2. The minimum atomic E-state index is 0.119. The molecule has 1 aromatic carbocycles. The van der Waals surface area contributed by atoms with Crippen LogP contribution in [0.5, 0.6) is 5.75 Å². The number of H-pyrrole nitrogens is 1. The van der Waals surface area contributed by atoms with E-state index < -0.39 is 0 Å². The van der Waals surface area contributed by atoms with Crippen molar-refractivity contribution in [3.63, 3.8) is 0 Å². The SMILES string of the molecule is COc1cccc(Nc2nc(NCCCO)nc3[nH]cnc23)c1. The van der Waals surface area contributed by atoms with Crippen LogP contribution in [0.25, 0.3) is 11.2 Å². The lowest BCUT2D eigenvalue weighted by Gasteiger charge is -2.10. The molecule has 8 nitrogen and oxygen atoms in total. The molecule has 3 rings (SSSR count). The number of aromatic amines is 1. The van der Waals surface area contributed by atoms with Crippen molar-refractivity contribution in [1.29, 1.82) is 0 Å². The lowest BCUT2D eigenvalue weighted by atomic mass is 10.3. The second-order valence-corrected chi connectivity index (χ2v) is 4.86. The van der Waals surface area contributed by atoms with Crippen molar-refractivity contribution in [2.24, 2.45) is 0 Å². The maximum Gasteiger partial charge on any atom is 0.226 e. The summed E-state index contributed by atoms with van der Waals surface area (Å²) in [6, 6.07) is 7.56. The van der Waals surface area contributed by atoms with E-state index in [-0.39, 0.29) is 6.61 Å². The Hall–Kier alpha value is -2.87. The molecule has 0 fully saturated rings. The quantitative estimate of drug-likeness (QED) is 0.493. The van der Waals surface area contributed by atoms with Crippen molar-refractivity contribution < 1.29 is 9.84 Å². The molecule has 0 aliphatic rings. The largest absolute Gasteiger partial charge is 0.497 e. The summed E-state index contributed by atoms with van der Waals surface area (Å²) in [5.41, 5.74) is 2.13. The van der Waals surface area contributed by atoms with Gasteiger partial charge < -0.3 is 25.5 Å². The number of nitrogens with zero attached hydrogens (tertiary/aromatic N) is 3. The standard InChI is InChI=1S/C15H18N6O2/c1-23-11-5-2-4-10(8-11)19-14-12-13(18-9-17-12)20-15(21-14)16-6-3-7-22/h2,4-5,8-9,22H,3,6-7H2,1H3,(H3,16,17,18,19,20,21). The lowest BCUT2D eigenvalue weighted by Crippen LogP contribution is -2.08. The molecule has 3 aromatic rings. The summed E-state index contributed by atoms with van der Waals surface area (Å²) in [4.78, 5) is 16.0. The van der Waals surface area contributed by atoms with E-state index in [1.807, 2.05) is 24.3 Å². The van der Waals surface area contributed by atoms with Crippen LogP contribution < -0.4 is 15.4 Å². The number of fused-ring (bicyclic) bond motifs is 1. The maximum absolute atomic E-state index is 8.86. The summed E-state index contributed by atoms with van der Waals surface area (Å²) >= 11 is 0. The number of rotatable bonds is 7. The fraction of sp³-hybridized carbons (Fsp3) is 0.267. The predicted octanol–water partition coefficient (Wildman–Crippen LogP) is 1.90. The maximum atomic E-state index is 8.86. The number of aliphatic hydroxyl groups is 1. The molecule has 2 heterocycles. The number of aliphatic hydroxyl groups excluding tert-OH is 1. The van der Waals surface area contributed by atoms with Crippen molar-refractivity contribution in [2.75, 3.05) is 30.9 Å². The Morgan fingerprint density at radius 2 is 2.22 bits per heavy atom. The Balaban J connectivity index is 1.89. The third-order valence-corrected chi connectivity index (χ3v) is 3.23. The number of nitrogens with one attached hydrogen (secondary N) is 3. The van der Waals surface area contributed by atoms with Crippen LogP contribution in [0, 0.1) is 0 Å². The zero-order valence-electron chi connectivity index (χ0n) is 12.7. The number of imidazole rings is 1. The van der Waals surface area contributed by atoms with Gasteiger partial charge in [0.25, 0.3) is 0 Å². The zero-order valence-corrected chi connectivity index (χ0v) is 12.7. The molecular formula is C15H18N6O2. The molecule has 0 saturated heterocycles. The summed E-state index contributed by atoms with van der Waals surface area (Å²) in [5.74, 6) is 1.82. The highest BCUT2D eigenvalue weighted by molar-refractivity contribution is 5.86. The first kappa shape index (κ1) is 15.0. The molecule has 0 aliphatic heterocycles. The topological polar surface area (TPSA) is 108 Å². The van der Waals surface area contributed by atoms with Crippen LogP contribution in [0.4, 0.5) is 17.5 Å². The Morgan fingerprint density at radius 3 is 3.04 bits per heavy atom. The highest BCUT2D eigenvalue weighted by Crippen LogP contribution is 2.25. The van der Waals surface area contributed by atoms with Crippen LogP contribution in [-0.2, 0) is 0 Å². The normalized spacial score (nSPS) is 10.7. The fourth-order valence-corrected chi connectivity index (χ4v) is 2.12. The first-order valence-electron chi connectivity index (χ1n) is 7.27. The Labute approximate surface area is 133 Å². The van der Waals surface area contributed by atoms with Crippen molar-refractivity contribution in [1.82, 2.24) is 19.9 Å². The second-order valence-electron chi connectivity index (χ2n) is 4.86. The number of benzene rings is 1. The van der Waals surface area contributed by atoms with Gasteiger partial charge in [0.15, 0.2) is 17.0 Å². The summed E-state index contributed by atoms with van der Waals surface area (Å²) in [6.07, 6.45) is 2.20. The summed E-state index contributed by atoms with van der Waals surface area (Å²) in [6.45, 7) is 0.711. The number of anilines is 3. The minimum absolute atomic E-state index is 0.119. The molecular weight excluding hydrogens is 296 g/mol. The van der Waals surface area contributed by atoms with Gasteiger partial charge in [0.2, 0.25) is 5.95 Å². The van der Waals surface area contributed by atoms with Gasteiger partial charge in [-0.25, -0.2) is 4.98 Å². The highest BCUT2D eigenvalue weighted by atomic mass is 16.5. The van der Waals surface area contributed by atoms with Crippen molar-refractivity contribution >= 4 is 28.6 Å². The molecule has 0 aliphatic carbocycles. The van der Waals surface area contributed by atoms with Crippen LogP contribution in [0.3, 0.4) is 0 Å². The van der Waals surface area contributed by atoms with E-state index in [0.717, 1.165) is 11.4 Å². The first-order valence-corrected chi connectivity index (χ1v) is 7.27. The summed E-state index contributed by atoms with van der Waals surface area (Å²) in [7, 11) is 1.62. The van der Waals surface area contributed by atoms with E-state index in [1.165, 1.54) is 0 Å². The third kappa shape index (κ3) is 3.49. The van der Waals surface area contributed by atoms with Crippen molar-refractivity contribution in [3.05, 3.63) is 30.6 Å². The first-order chi connectivity index (χ1) is 11.3. The van der Waals surface area contributed by atoms with E-state index in [1.54, 1.807) is 13.4 Å². The van der Waals surface area contributed by atoms with E-state index in [4.69, 9.17) is 9.84 Å². The number of hydrogen-bond acceptors (Lipinski definition) is 7. The summed E-state index contributed by atoms with van der Waals surface area (Å²) < 4.78 is 5.22. The number of ether oxygens (including phenoxy) is 1. The van der Waals surface area contributed by atoms with Gasteiger partial charge in [0.05, 0.1) is 13.4 Å². The molecule has 0 amide bonds. The second kappa shape index (κ2) is 6.93. The average Bonchev–Trinajstić information content (AvgIpc) is 3.04. The number of aromatic nitrogens is 4. The molecule has 0 atom stereocenters. The van der Waals surface area contributed by atoms with Gasteiger partial charge in [-0.15, -0.1) is 0 Å². The van der Waals surface area contributed by atoms with E-state index >= 15 is 0 Å². The van der Waals surface area contributed by atoms with Gasteiger partial charge in [-0.2, -0.15) is 9.97 Å². The van der Waals surface area contributed by atoms with Gasteiger partial charge in [-0.3, -0.25) is 0 Å². The number of methoxy groups -OCH3 is 1. The fourth-order valence-electron chi connectivity index (χ4n) is 2.12. The highest BCUT2D eigenvalue weighted by Gasteiger charge is 2.10. The predicted molar refractivity (Wildman–Crippen MR) is 88.2 cm³/mol. The third-order valence-electron chi connectivity index (χ3n) is 3.23. The molecule has 23 heavy (non-hydrogen) atoms. The zero-order chi connectivity index (χ0) is 16.1. The Bertz CT molecular complexity index is 788. The molecule has 0 unspecified atom stereocenters. The van der Waals surface area contributed by atoms with E-state index in [0.29, 0.717) is 35.9 Å². The molecule has 0 spiro atoms. The van der Waals surface area contributed by atoms with Gasteiger partial charge in [0.1, 0.15) is 5.75 Å². The molecule has 0 bridgehead atoms. The molecule has 4 N–H and O–H groups in total. The van der Waals surface area contributed by atoms with E-state index in [2.05, 4.69) is 30.6 Å². The van der Waals surface area contributed by atoms with Gasteiger partial charge in [-0.05, 0) is 18.6 Å². The van der Waals surface area contributed by atoms with Gasteiger partial charge in [0, 0.05) is 24.9 Å². The molecule has 8 heteroatoms. The van der Waals surface area contributed by atoms with Crippen molar-refractivity contribution in [2.45, 2.75) is 6.42 Å². The van der Waals surface area contributed by atoms with Crippen LogP contribution in [0.2, 0.25) is 0 Å². The lowest BCUT2D eigenvalue weighted by molar-refractivity contribution is 0.292. The van der Waals surface area contributed by atoms with Crippen LogP contribution in [0.1, 0.15) is 6.42 Å². The van der Waals surface area contributed by atoms with Gasteiger partial charge >= 0.3 is 0 Å². The number of hydrogen-bond donors (Lipinski definition) is 4. The molecule has 0 saturated carbocycles. The van der Waals surface area contributed by atoms with Crippen molar-refractivity contribution in [3.8, 4) is 5.75 Å². The van der Waals surface area contributed by atoms with E-state index in [9.17, 15) is 0 Å². The average molecular weight is 314 g/mol. The van der Waals surface area contributed by atoms with Crippen LogP contribution >= 0.6 is 0 Å². The smallest absolute Gasteiger partial charge is 0.226 e. The Kier molecular flexibility index (Phi) is 4.53. The van der Waals surface area contributed by atoms with Crippen LogP contribution in [-0.4, -0.2) is 45.3 Å². The molecule has 0 radical (unpaired) electrons. The molecule has 120 valence electrons. The molecule has 2 aromatic heterocycles.